The van der Waals surface area contributed by atoms with Crippen LogP contribution in [0.4, 0.5) is 0 Å². The fourth-order valence-electron chi connectivity index (χ4n) is 1.48. The molecule has 17 heavy (non-hydrogen) atoms. The smallest absolute Gasteiger partial charge is 0.251 e. The summed E-state index contributed by atoms with van der Waals surface area (Å²) in [6.07, 6.45) is 0.714. The Hall–Kier alpha value is -0.620. The van der Waals surface area contributed by atoms with Crippen molar-refractivity contribution in [3.8, 4) is 0 Å². The third-order valence-electron chi connectivity index (χ3n) is 2.65. The summed E-state index contributed by atoms with van der Waals surface area (Å²) in [6.45, 7) is 4.77. The molecule has 1 aromatic rings. The lowest BCUT2D eigenvalue weighted by Gasteiger charge is -2.11. The summed E-state index contributed by atoms with van der Waals surface area (Å²) in [4.78, 5) is 11.8. The van der Waals surface area contributed by atoms with E-state index in [1.807, 2.05) is 32.0 Å². The number of hydrogen-bond donors (Lipinski definition) is 2. The fraction of sp³-hybridized carbons (Fsp3) is 0.462. The van der Waals surface area contributed by atoms with Gasteiger partial charge in [-0.1, -0.05) is 6.92 Å². The molecular weight excluding hydrogens is 329 g/mol. The van der Waals surface area contributed by atoms with E-state index in [4.69, 9.17) is 5.11 Å². The molecule has 0 heterocycles. The largest absolute Gasteiger partial charge is 0.396 e. The summed E-state index contributed by atoms with van der Waals surface area (Å²) >= 11 is 2.25. The SMILES string of the molecule is Cc1cc(C(=O)NCC(C)CCO)ccc1I. The number of halogens is 1. The minimum Gasteiger partial charge on any atom is -0.396 e. The number of aliphatic hydroxyl groups excluding tert-OH is 1. The van der Waals surface area contributed by atoms with Crippen molar-refractivity contribution in [2.75, 3.05) is 13.2 Å². The van der Waals surface area contributed by atoms with Crippen LogP contribution in [0.2, 0.25) is 0 Å². The predicted octanol–water partition coefficient (Wildman–Crippen LogP) is 2.35. The van der Waals surface area contributed by atoms with Crippen molar-refractivity contribution in [1.82, 2.24) is 5.32 Å². The van der Waals surface area contributed by atoms with Gasteiger partial charge in [0.1, 0.15) is 0 Å². The molecule has 0 fully saturated rings. The molecule has 2 N–H and O–H groups in total. The standard InChI is InChI=1S/C13H18INO2/c1-9(5-6-16)8-15-13(17)11-3-4-12(14)10(2)7-11/h3-4,7,9,16H,5-6,8H2,1-2H3,(H,15,17). The Labute approximate surface area is 116 Å². The predicted molar refractivity (Wildman–Crippen MR) is 77.1 cm³/mol. The van der Waals surface area contributed by atoms with E-state index in [9.17, 15) is 4.79 Å². The van der Waals surface area contributed by atoms with Crippen molar-refractivity contribution in [2.24, 2.45) is 5.92 Å². The zero-order valence-electron chi connectivity index (χ0n) is 10.2. The van der Waals surface area contributed by atoms with Gasteiger partial charge in [0.25, 0.3) is 5.91 Å². The minimum absolute atomic E-state index is 0.0470. The van der Waals surface area contributed by atoms with Gasteiger partial charge in [0.2, 0.25) is 0 Å². The van der Waals surface area contributed by atoms with Crippen LogP contribution < -0.4 is 5.32 Å². The van der Waals surface area contributed by atoms with Gasteiger partial charge >= 0.3 is 0 Å². The lowest BCUT2D eigenvalue weighted by atomic mass is 10.1. The van der Waals surface area contributed by atoms with Crippen molar-refractivity contribution in [1.29, 1.82) is 0 Å². The van der Waals surface area contributed by atoms with E-state index in [-0.39, 0.29) is 12.5 Å². The van der Waals surface area contributed by atoms with Gasteiger partial charge in [-0.25, -0.2) is 0 Å². The molecule has 0 bridgehead atoms. The Kier molecular flexibility index (Phi) is 5.91. The van der Waals surface area contributed by atoms with E-state index in [1.54, 1.807) is 0 Å². The molecule has 4 heteroatoms. The van der Waals surface area contributed by atoms with Crippen LogP contribution in [0.15, 0.2) is 18.2 Å². The number of amides is 1. The molecule has 3 nitrogen and oxygen atoms in total. The number of nitrogens with one attached hydrogen (secondary N) is 1. The van der Waals surface area contributed by atoms with Crippen molar-refractivity contribution in [2.45, 2.75) is 20.3 Å². The highest BCUT2D eigenvalue weighted by Crippen LogP contribution is 2.13. The van der Waals surface area contributed by atoms with E-state index < -0.39 is 0 Å². The number of carbonyl (C=O) groups excluding carboxylic acids is 1. The summed E-state index contributed by atoms with van der Waals surface area (Å²) in [5, 5.41) is 11.7. The molecule has 0 saturated heterocycles. The Morgan fingerprint density at radius 1 is 1.53 bits per heavy atom. The first kappa shape index (κ1) is 14.4. The average Bonchev–Trinajstić information content (AvgIpc) is 2.30. The second-order valence-corrected chi connectivity index (χ2v) is 5.45. The van der Waals surface area contributed by atoms with Crippen molar-refractivity contribution in [3.63, 3.8) is 0 Å². The van der Waals surface area contributed by atoms with Crippen LogP contribution in [0.5, 0.6) is 0 Å². The summed E-state index contributed by atoms with van der Waals surface area (Å²) in [5.74, 6) is 0.253. The highest BCUT2D eigenvalue weighted by Gasteiger charge is 2.08. The maximum absolute atomic E-state index is 11.8. The third kappa shape index (κ3) is 4.63. The summed E-state index contributed by atoms with van der Waals surface area (Å²) < 4.78 is 1.16. The van der Waals surface area contributed by atoms with Gasteiger partial charge in [0, 0.05) is 22.3 Å². The van der Waals surface area contributed by atoms with Crippen LogP contribution in [0.3, 0.4) is 0 Å². The van der Waals surface area contributed by atoms with Crippen molar-refractivity contribution in [3.05, 3.63) is 32.9 Å². The number of benzene rings is 1. The Bertz CT molecular complexity index is 393. The van der Waals surface area contributed by atoms with Gasteiger partial charge in [0.05, 0.1) is 0 Å². The first-order chi connectivity index (χ1) is 8.04. The van der Waals surface area contributed by atoms with Crippen LogP contribution in [-0.2, 0) is 0 Å². The van der Waals surface area contributed by atoms with Crippen molar-refractivity contribution >= 4 is 28.5 Å². The van der Waals surface area contributed by atoms with Crippen LogP contribution >= 0.6 is 22.6 Å². The highest BCUT2D eigenvalue weighted by atomic mass is 127. The molecule has 1 unspecified atom stereocenters. The molecule has 1 atom stereocenters. The zero-order chi connectivity index (χ0) is 12.8. The Morgan fingerprint density at radius 2 is 2.24 bits per heavy atom. The van der Waals surface area contributed by atoms with E-state index in [0.29, 0.717) is 24.4 Å². The Morgan fingerprint density at radius 3 is 2.82 bits per heavy atom. The van der Waals surface area contributed by atoms with E-state index >= 15 is 0 Å². The quantitative estimate of drug-likeness (QED) is 0.804. The Balaban J connectivity index is 2.55. The first-order valence-electron chi connectivity index (χ1n) is 5.69. The fourth-order valence-corrected chi connectivity index (χ4v) is 1.81. The molecule has 0 aliphatic heterocycles. The van der Waals surface area contributed by atoms with E-state index in [0.717, 1.165) is 9.13 Å². The van der Waals surface area contributed by atoms with Crippen LogP contribution in [-0.4, -0.2) is 24.2 Å². The average molecular weight is 347 g/mol. The van der Waals surface area contributed by atoms with E-state index in [1.165, 1.54) is 0 Å². The first-order valence-corrected chi connectivity index (χ1v) is 6.77. The van der Waals surface area contributed by atoms with Crippen LogP contribution in [0.25, 0.3) is 0 Å². The van der Waals surface area contributed by atoms with Gasteiger partial charge in [0.15, 0.2) is 0 Å². The molecule has 0 radical (unpaired) electrons. The molecule has 1 aromatic carbocycles. The normalized spacial score (nSPS) is 12.2. The highest BCUT2D eigenvalue weighted by molar-refractivity contribution is 14.1. The van der Waals surface area contributed by atoms with Gasteiger partial charge in [-0.05, 0) is 65.6 Å². The number of aryl methyl sites for hydroxylation is 1. The third-order valence-corrected chi connectivity index (χ3v) is 3.86. The number of carbonyl (C=O) groups is 1. The second kappa shape index (κ2) is 6.96. The van der Waals surface area contributed by atoms with Gasteiger partial charge in [-0.15, -0.1) is 0 Å². The van der Waals surface area contributed by atoms with Gasteiger partial charge < -0.3 is 10.4 Å². The molecule has 0 aromatic heterocycles. The summed E-state index contributed by atoms with van der Waals surface area (Å²) in [6, 6.07) is 5.68. The van der Waals surface area contributed by atoms with Crippen LogP contribution in [0, 0.1) is 16.4 Å². The van der Waals surface area contributed by atoms with Crippen molar-refractivity contribution < 1.29 is 9.90 Å². The van der Waals surface area contributed by atoms with E-state index in [2.05, 4.69) is 27.9 Å². The lowest BCUT2D eigenvalue weighted by molar-refractivity contribution is 0.0945. The lowest BCUT2D eigenvalue weighted by Crippen LogP contribution is -2.28. The number of hydrogen-bond acceptors (Lipinski definition) is 2. The molecule has 94 valence electrons. The maximum atomic E-state index is 11.8. The molecule has 1 amide bonds. The monoisotopic (exact) mass is 347 g/mol. The topological polar surface area (TPSA) is 49.3 Å². The van der Waals surface area contributed by atoms with Gasteiger partial charge in [-0.3, -0.25) is 4.79 Å². The molecule has 0 saturated carbocycles. The molecular formula is C13H18INO2. The molecule has 0 aliphatic rings. The molecule has 0 spiro atoms. The number of rotatable bonds is 5. The number of aliphatic hydroxyl groups is 1. The molecule has 0 aliphatic carbocycles. The minimum atomic E-state index is -0.0470. The summed E-state index contributed by atoms with van der Waals surface area (Å²) in [7, 11) is 0. The zero-order valence-corrected chi connectivity index (χ0v) is 12.3. The maximum Gasteiger partial charge on any atom is 0.251 e. The summed E-state index contributed by atoms with van der Waals surface area (Å²) in [5.41, 5.74) is 1.81. The molecule has 1 rings (SSSR count). The second-order valence-electron chi connectivity index (χ2n) is 4.29. The van der Waals surface area contributed by atoms with Gasteiger partial charge in [-0.2, -0.15) is 0 Å². The van der Waals surface area contributed by atoms with Crippen LogP contribution in [0.1, 0.15) is 29.3 Å².